The third-order valence-corrected chi connectivity index (χ3v) is 3.94. The third-order valence-electron chi connectivity index (χ3n) is 3.94. The minimum atomic E-state index is -0.0663. The molecule has 0 aromatic carbocycles. The number of carbonyl (C=O) groups excluding carboxylic acids is 1. The van der Waals surface area contributed by atoms with Gasteiger partial charge in [0.25, 0.3) is 0 Å². The number of anilines is 1. The smallest absolute Gasteiger partial charge is 0.317 e. The Morgan fingerprint density at radius 2 is 1.92 bits per heavy atom. The first-order valence-electron chi connectivity index (χ1n) is 8.38. The van der Waals surface area contributed by atoms with Crippen LogP contribution in [0.1, 0.15) is 12.5 Å². The molecule has 0 unspecified atom stereocenters. The summed E-state index contributed by atoms with van der Waals surface area (Å²) < 4.78 is 5.37. The number of pyridine rings is 1. The summed E-state index contributed by atoms with van der Waals surface area (Å²) in [7, 11) is 0. The zero-order chi connectivity index (χ0) is 17.5. The predicted molar refractivity (Wildman–Crippen MR) is 93.5 cm³/mol. The normalized spacial score (nSPS) is 14.3. The molecule has 3 rings (SSSR count). The Labute approximate surface area is 146 Å². The molecule has 0 radical (unpaired) electrons. The number of nitrogens with zero attached hydrogens (tertiary/aromatic N) is 5. The van der Waals surface area contributed by atoms with Crippen molar-refractivity contribution in [2.24, 2.45) is 0 Å². The van der Waals surface area contributed by atoms with Crippen molar-refractivity contribution in [2.45, 2.75) is 13.5 Å². The van der Waals surface area contributed by atoms with E-state index in [0.29, 0.717) is 38.1 Å². The number of ether oxygens (including phenoxy) is 1. The number of amides is 2. The van der Waals surface area contributed by atoms with Gasteiger partial charge in [0.1, 0.15) is 0 Å². The molecular weight excluding hydrogens is 320 g/mol. The van der Waals surface area contributed by atoms with Crippen LogP contribution in [0.3, 0.4) is 0 Å². The Balaban J connectivity index is 1.47. The quantitative estimate of drug-likeness (QED) is 0.882. The number of aromatic nitrogens is 3. The van der Waals surface area contributed by atoms with Gasteiger partial charge in [0.15, 0.2) is 0 Å². The minimum absolute atomic E-state index is 0.0663. The third kappa shape index (κ3) is 4.56. The summed E-state index contributed by atoms with van der Waals surface area (Å²) in [5, 5.41) is 2.95. The zero-order valence-corrected chi connectivity index (χ0v) is 14.3. The summed E-state index contributed by atoms with van der Waals surface area (Å²) >= 11 is 0. The first-order valence-corrected chi connectivity index (χ1v) is 8.38. The van der Waals surface area contributed by atoms with Gasteiger partial charge in [0, 0.05) is 57.4 Å². The van der Waals surface area contributed by atoms with Gasteiger partial charge >= 0.3 is 6.03 Å². The number of rotatable bonds is 5. The lowest BCUT2D eigenvalue weighted by Gasteiger charge is -2.34. The van der Waals surface area contributed by atoms with Gasteiger partial charge in [-0.15, -0.1) is 0 Å². The maximum absolute atomic E-state index is 12.3. The fraction of sp³-hybridized carbons (Fsp3) is 0.412. The first-order chi connectivity index (χ1) is 12.3. The van der Waals surface area contributed by atoms with E-state index in [1.807, 2.05) is 24.0 Å². The maximum atomic E-state index is 12.3. The van der Waals surface area contributed by atoms with Crippen molar-refractivity contribution >= 4 is 12.0 Å². The maximum Gasteiger partial charge on any atom is 0.317 e. The van der Waals surface area contributed by atoms with E-state index in [1.165, 1.54) is 0 Å². The summed E-state index contributed by atoms with van der Waals surface area (Å²) in [6.45, 7) is 5.66. The fourth-order valence-electron chi connectivity index (χ4n) is 2.64. The molecule has 0 bridgehead atoms. The van der Waals surface area contributed by atoms with Crippen LogP contribution in [-0.4, -0.2) is 58.7 Å². The lowest BCUT2D eigenvalue weighted by molar-refractivity contribution is 0.193. The molecule has 132 valence electrons. The minimum Gasteiger partial charge on any atom is -0.478 e. The second-order valence-electron chi connectivity index (χ2n) is 5.62. The molecule has 2 aromatic heterocycles. The average Bonchev–Trinajstić information content (AvgIpc) is 2.67. The number of piperazine rings is 1. The number of carbonyl (C=O) groups is 1. The van der Waals surface area contributed by atoms with Gasteiger partial charge in [-0.05, 0) is 24.6 Å². The average molecular weight is 342 g/mol. The molecule has 0 spiro atoms. The summed E-state index contributed by atoms with van der Waals surface area (Å²) in [6.07, 6.45) is 5.14. The molecule has 3 heterocycles. The lowest BCUT2D eigenvalue weighted by Crippen LogP contribution is -2.52. The van der Waals surface area contributed by atoms with Crippen molar-refractivity contribution in [3.05, 3.63) is 42.4 Å². The van der Waals surface area contributed by atoms with Crippen LogP contribution >= 0.6 is 0 Å². The summed E-state index contributed by atoms with van der Waals surface area (Å²) in [5.41, 5.74) is 0.961. The van der Waals surface area contributed by atoms with Crippen molar-refractivity contribution < 1.29 is 9.53 Å². The van der Waals surface area contributed by atoms with Gasteiger partial charge in [-0.25, -0.2) is 19.7 Å². The summed E-state index contributed by atoms with van der Waals surface area (Å²) in [5.74, 6) is 1.29. The van der Waals surface area contributed by atoms with Crippen LogP contribution in [0.5, 0.6) is 5.88 Å². The van der Waals surface area contributed by atoms with Crippen LogP contribution in [-0.2, 0) is 6.54 Å². The highest BCUT2D eigenvalue weighted by Gasteiger charge is 2.22. The standard InChI is InChI=1S/C17H22N6O2/c1-2-25-15-12-14(4-7-18-15)13-21-17(24)23-10-8-22(9-11-23)16-19-5-3-6-20-16/h3-7,12H,2,8-11,13H2,1H3,(H,21,24). The molecule has 1 saturated heterocycles. The summed E-state index contributed by atoms with van der Waals surface area (Å²) in [6, 6.07) is 5.44. The SMILES string of the molecule is CCOc1cc(CNC(=O)N2CCN(c3ncccn3)CC2)ccn1. The molecule has 0 atom stereocenters. The number of urea groups is 1. The van der Waals surface area contributed by atoms with Crippen molar-refractivity contribution in [3.63, 3.8) is 0 Å². The molecule has 1 fully saturated rings. The van der Waals surface area contributed by atoms with Gasteiger partial charge < -0.3 is 19.9 Å². The molecule has 1 aliphatic heterocycles. The molecule has 1 N–H and O–H groups in total. The highest BCUT2D eigenvalue weighted by atomic mass is 16.5. The molecule has 2 amide bonds. The van der Waals surface area contributed by atoms with Gasteiger partial charge in [0.2, 0.25) is 11.8 Å². The van der Waals surface area contributed by atoms with Crippen molar-refractivity contribution in [2.75, 3.05) is 37.7 Å². The molecule has 25 heavy (non-hydrogen) atoms. The number of hydrogen-bond acceptors (Lipinski definition) is 6. The molecular formula is C17H22N6O2. The number of hydrogen-bond donors (Lipinski definition) is 1. The molecule has 0 aliphatic carbocycles. The van der Waals surface area contributed by atoms with Crippen molar-refractivity contribution in [1.82, 2.24) is 25.2 Å². The van der Waals surface area contributed by atoms with E-state index in [1.54, 1.807) is 24.7 Å². The van der Waals surface area contributed by atoms with Gasteiger partial charge in [-0.1, -0.05) is 0 Å². The monoisotopic (exact) mass is 342 g/mol. The Hall–Kier alpha value is -2.90. The van der Waals surface area contributed by atoms with E-state index < -0.39 is 0 Å². The highest BCUT2D eigenvalue weighted by molar-refractivity contribution is 5.74. The molecule has 8 heteroatoms. The first kappa shape index (κ1) is 16.9. The largest absolute Gasteiger partial charge is 0.478 e. The van der Waals surface area contributed by atoms with E-state index in [2.05, 4.69) is 25.2 Å². The zero-order valence-electron chi connectivity index (χ0n) is 14.3. The fourth-order valence-corrected chi connectivity index (χ4v) is 2.64. The van der Waals surface area contributed by atoms with E-state index in [9.17, 15) is 4.79 Å². The van der Waals surface area contributed by atoms with Crippen LogP contribution in [0.4, 0.5) is 10.7 Å². The van der Waals surface area contributed by atoms with Gasteiger partial charge in [-0.3, -0.25) is 0 Å². The predicted octanol–water partition coefficient (Wildman–Crippen LogP) is 1.30. The van der Waals surface area contributed by atoms with Crippen molar-refractivity contribution in [1.29, 1.82) is 0 Å². The van der Waals surface area contributed by atoms with Crippen molar-refractivity contribution in [3.8, 4) is 5.88 Å². The molecule has 8 nitrogen and oxygen atoms in total. The van der Waals surface area contributed by atoms with E-state index in [4.69, 9.17) is 4.74 Å². The Morgan fingerprint density at radius 1 is 1.16 bits per heavy atom. The van der Waals surface area contributed by atoms with Crippen LogP contribution < -0.4 is 15.0 Å². The Bertz CT molecular complexity index is 689. The van der Waals surface area contributed by atoms with E-state index in [-0.39, 0.29) is 6.03 Å². The van der Waals surface area contributed by atoms with Crippen LogP contribution in [0.2, 0.25) is 0 Å². The lowest BCUT2D eigenvalue weighted by atomic mass is 10.2. The van der Waals surface area contributed by atoms with E-state index in [0.717, 1.165) is 18.7 Å². The molecule has 2 aromatic rings. The summed E-state index contributed by atoms with van der Waals surface area (Å²) in [4.78, 5) is 28.9. The van der Waals surface area contributed by atoms with Crippen LogP contribution in [0.15, 0.2) is 36.8 Å². The second-order valence-corrected chi connectivity index (χ2v) is 5.62. The van der Waals surface area contributed by atoms with Crippen LogP contribution in [0, 0.1) is 0 Å². The van der Waals surface area contributed by atoms with Crippen LogP contribution in [0.25, 0.3) is 0 Å². The second kappa shape index (κ2) is 8.27. The van der Waals surface area contributed by atoms with Gasteiger partial charge in [0.05, 0.1) is 6.61 Å². The Morgan fingerprint density at radius 3 is 2.64 bits per heavy atom. The van der Waals surface area contributed by atoms with E-state index >= 15 is 0 Å². The molecule has 1 aliphatic rings. The topological polar surface area (TPSA) is 83.5 Å². The Kier molecular flexibility index (Phi) is 5.61. The van der Waals surface area contributed by atoms with Gasteiger partial charge in [-0.2, -0.15) is 0 Å². The molecule has 0 saturated carbocycles. The highest BCUT2D eigenvalue weighted by Crippen LogP contribution is 2.11. The number of nitrogens with one attached hydrogen (secondary N) is 1.